The highest BCUT2D eigenvalue weighted by molar-refractivity contribution is 5.98. The molecule has 3 atom stereocenters. The zero-order chi connectivity index (χ0) is 23.4. The van der Waals surface area contributed by atoms with Gasteiger partial charge in [-0.25, -0.2) is 4.79 Å². The highest BCUT2D eigenvalue weighted by Crippen LogP contribution is 2.23. The van der Waals surface area contributed by atoms with E-state index >= 15 is 0 Å². The number of amides is 5. The molecule has 0 unspecified atom stereocenters. The van der Waals surface area contributed by atoms with Crippen LogP contribution in [0.15, 0.2) is 18.3 Å². The van der Waals surface area contributed by atoms with Gasteiger partial charge in [-0.1, -0.05) is 19.3 Å². The van der Waals surface area contributed by atoms with Gasteiger partial charge in [0.2, 0.25) is 11.8 Å². The molecule has 33 heavy (non-hydrogen) atoms. The lowest BCUT2D eigenvalue weighted by Gasteiger charge is -2.31. The third-order valence-corrected chi connectivity index (χ3v) is 6.95. The molecule has 2 saturated heterocycles. The van der Waals surface area contributed by atoms with Gasteiger partial charge >= 0.3 is 6.03 Å². The van der Waals surface area contributed by atoms with E-state index < -0.39 is 24.0 Å². The van der Waals surface area contributed by atoms with Crippen molar-refractivity contribution in [2.24, 2.45) is 7.05 Å². The number of aromatic nitrogens is 1. The minimum absolute atomic E-state index is 0.138. The summed E-state index contributed by atoms with van der Waals surface area (Å²) in [4.78, 5) is 53.0. The Bertz CT molecular complexity index is 893. The highest BCUT2D eigenvalue weighted by atomic mass is 16.2. The first-order chi connectivity index (χ1) is 15.9. The standard InChI is InChI=1S/C23H34N6O4/c1-28-13-6-10-18(28)22(32)29-14-11-16(27-23(33)25-15-7-3-2-4-8-15)19(29)21(31)26-17-9-5-12-24-20(17)30/h6,10,13,15-17,19H,2-5,7-9,11-12,14H2,1H3,(H,24,30)(H,26,31)(H2,25,27,33)/t16-,17+,19-/m0/s1. The van der Waals surface area contributed by atoms with Gasteiger partial charge in [0, 0.05) is 32.4 Å². The SMILES string of the molecule is Cn1cccc1C(=O)N1CC[C@H](NC(=O)NC2CCCCC2)[C@H]1C(=O)N[C@@H]1CCCNC1=O. The minimum Gasteiger partial charge on any atom is -0.354 e. The second-order valence-electron chi connectivity index (χ2n) is 9.29. The summed E-state index contributed by atoms with van der Waals surface area (Å²) in [6.45, 7) is 0.936. The molecule has 180 valence electrons. The number of aryl methyl sites for hydroxylation is 1. The number of nitrogens with zero attached hydrogens (tertiary/aromatic N) is 2. The molecule has 4 rings (SSSR count). The van der Waals surface area contributed by atoms with E-state index in [0.29, 0.717) is 31.6 Å². The zero-order valence-corrected chi connectivity index (χ0v) is 19.1. The third kappa shape index (κ3) is 5.31. The average Bonchev–Trinajstić information content (AvgIpc) is 3.41. The molecule has 0 radical (unpaired) electrons. The highest BCUT2D eigenvalue weighted by Gasteiger charge is 2.44. The Hall–Kier alpha value is -3.04. The van der Waals surface area contributed by atoms with Crippen LogP contribution in [0, 0.1) is 0 Å². The molecule has 4 N–H and O–H groups in total. The van der Waals surface area contributed by atoms with Crippen molar-refractivity contribution in [3.8, 4) is 0 Å². The number of urea groups is 1. The van der Waals surface area contributed by atoms with Gasteiger partial charge < -0.3 is 30.7 Å². The van der Waals surface area contributed by atoms with E-state index in [9.17, 15) is 19.2 Å². The van der Waals surface area contributed by atoms with Gasteiger partial charge in [-0.3, -0.25) is 14.4 Å². The normalized spacial score (nSPS) is 25.9. The van der Waals surface area contributed by atoms with E-state index in [1.165, 1.54) is 11.3 Å². The van der Waals surface area contributed by atoms with Gasteiger partial charge in [0.1, 0.15) is 17.8 Å². The van der Waals surface area contributed by atoms with Crippen LogP contribution in [0.1, 0.15) is 61.9 Å². The molecule has 0 bridgehead atoms. The largest absolute Gasteiger partial charge is 0.354 e. The number of carbonyl (C=O) groups is 4. The van der Waals surface area contributed by atoms with E-state index in [-0.39, 0.29) is 23.9 Å². The maximum atomic E-state index is 13.3. The summed E-state index contributed by atoms with van der Waals surface area (Å²) in [5.41, 5.74) is 0.468. The van der Waals surface area contributed by atoms with Gasteiger partial charge in [0.15, 0.2) is 0 Å². The lowest BCUT2D eigenvalue weighted by atomic mass is 9.96. The molecule has 2 aliphatic heterocycles. The topological polar surface area (TPSA) is 125 Å². The maximum Gasteiger partial charge on any atom is 0.315 e. The molecule has 10 nitrogen and oxygen atoms in total. The van der Waals surface area contributed by atoms with E-state index in [4.69, 9.17) is 0 Å². The molecule has 3 aliphatic rings. The van der Waals surface area contributed by atoms with Crippen LogP contribution in [-0.2, 0) is 16.6 Å². The molecule has 0 spiro atoms. The van der Waals surface area contributed by atoms with Gasteiger partial charge in [0.25, 0.3) is 5.91 Å². The molecular weight excluding hydrogens is 424 g/mol. The summed E-state index contributed by atoms with van der Waals surface area (Å²) in [7, 11) is 1.78. The first-order valence-electron chi connectivity index (χ1n) is 12.0. The van der Waals surface area contributed by atoms with Crippen LogP contribution in [0.25, 0.3) is 0 Å². The van der Waals surface area contributed by atoms with E-state index in [0.717, 1.165) is 32.1 Å². The number of carbonyl (C=O) groups excluding carboxylic acids is 4. The van der Waals surface area contributed by atoms with Crippen molar-refractivity contribution in [1.82, 2.24) is 30.7 Å². The van der Waals surface area contributed by atoms with E-state index in [1.807, 2.05) is 0 Å². The van der Waals surface area contributed by atoms with E-state index in [1.54, 1.807) is 29.9 Å². The zero-order valence-electron chi connectivity index (χ0n) is 19.1. The van der Waals surface area contributed by atoms with E-state index in [2.05, 4.69) is 21.3 Å². The van der Waals surface area contributed by atoms with Gasteiger partial charge in [-0.15, -0.1) is 0 Å². The van der Waals surface area contributed by atoms with Crippen LogP contribution in [0.5, 0.6) is 0 Å². The molecule has 3 heterocycles. The van der Waals surface area contributed by atoms with Gasteiger partial charge in [0.05, 0.1) is 6.04 Å². The quantitative estimate of drug-likeness (QED) is 0.517. The molecule has 1 aromatic rings. The molecule has 1 saturated carbocycles. The molecule has 1 aromatic heterocycles. The van der Waals surface area contributed by atoms with Crippen LogP contribution >= 0.6 is 0 Å². The first-order valence-corrected chi connectivity index (χ1v) is 12.0. The Morgan fingerprint density at radius 2 is 1.79 bits per heavy atom. The van der Waals surface area contributed by atoms with Crippen molar-refractivity contribution < 1.29 is 19.2 Å². The predicted molar refractivity (Wildman–Crippen MR) is 121 cm³/mol. The molecular formula is C23H34N6O4. The summed E-state index contributed by atoms with van der Waals surface area (Å²) in [6, 6.07) is 1.26. The fraction of sp³-hybridized carbons (Fsp3) is 0.652. The number of hydrogen-bond acceptors (Lipinski definition) is 4. The Kier molecular flexibility index (Phi) is 7.20. The number of nitrogens with one attached hydrogen (secondary N) is 4. The van der Waals surface area contributed by atoms with Crippen LogP contribution in [0.2, 0.25) is 0 Å². The Morgan fingerprint density at radius 3 is 2.48 bits per heavy atom. The average molecular weight is 459 g/mol. The van der Waals surface area contributed by atoms with Crippen molar-refractivity contribution in [3.63, 3.8) is 0 Å². The fourth-order valence-corrected chi connectivity index (χ4v) is 5.14. The van der Waals surface area contributed by atoms with Gasteiger partial charge in [-0.2, -0.15) is 0 Å². The Labute approximate surface area is 193 Å². The number of hydrogen-bond donors (Lipinski definition) is 4. The summed E-state index contributed by atoms with van der Waals surface area (Å²) >= 11 is 0. The summed E-state index contributed by atoms with van der Waals surface area (Å²) < 4.78 is 1.71. The summed E-state index contributed by atoms with van der Waals surface area (Å²) in [5, 5.41) is 11.5. The lowest BCUT2D eigenvalue weighted by molar-refractivity contribution is -0.132. The molecule has 3 fully saturated rings. The first kappa shape index (κ1) is 23.1. The summed E-state index contributed by atoms with van der Waals surface area (Å²) in [5.74, 6) is -0.903. The van der Waals surface area contributed by atoms with Gasteiger partial charge in [-0.05, 0) is 44.2 Å². The van der Waals surface area contributed by atoms with Crippen molar-refractivity contribution in [2.45, 2.75) is 75.5 Å². The molecule has 1 aliphatic carbocycles. The number of rotatable bonds is 5. The van der Waals surface area contributed by atoms with Crippen LogP contribution in [0.4, 0.5) is 4.79 Å². The molecule has 10 heteroatoms. The van der Waals surface area contributed by atoms with Crippen LogP contribution < -0.4 is 21.3 Å². The van der Waals surface area contributed by atoms with Crippen LogP contribution in [-0.4, -0.2) is 70.5 Å². The monoisotopic (exact) mass is 458 g/mol. The second-order valence-corrected chi connectivity index (χ2v) is 9.29. The van der Waals surface area contributed by atoms with Crippen molar-refractivity contribution in [2.75, 3.05) is 13.1 Å². The Balaban J connectivity index is 1.48. The number of piperidine rings is 1. The Morgan fingerprint density at radius 1 is 1.00 bits per heavy atom. The van der Waals surface area contributed by atoms with Crippen molar-refractivity contribution in [3.05, 3.63) is 24.0 Å². The summed E-state index contributed by atoms with van der Waals surface area (Å²) in [6.07, 6.45) is 8.86. The van der Waals surface area contributed by atoms with Crippen LogP contribution in [0.3, 0.4) is 0 Å². The third-order valence-electron chi connectivity index (χ3n) is 6.95. The smallest absolute Gasteiger partial charge is 0.315 e. The number of likely N-dealkylation sites (tertiary alicyclic amines) is 1. The second kappa shape index (κ2) is 10.3. The fourth-order valence-electron chi connectivity index (χ4n) is 5.14. The van der Waals surface area contributed by atoms with Crippen molar-refractivity contribution >= 4 is 23.8 Å². The minimum atomic E-state index is -0.890. The maximum absolute atomic E-state index is 13.3. The molecule has 5 amide bonds. The van der Waals surface area contributed by atoms with Crippen molar-refractivity contribution in [1.29, 1.82) is 0 Å². The predicted octanol–water partition coefficient (Wildman–Crippen LogP) is 0.635. The molecule has 0 aromatic carbocycles. The lowest BCUT2D eigenvalue weighted by Crippen LogP contribution is -2.60.